The number of aliphatic hydroxyl groups excluding tert-OH is 1. The fourth-order valence-corrected chi connectivity index (χ4v) is 1.82. The van der Waals surface area contributed by atoms with Crippen LogP contribution in [0.15, 0.2) is 24.3 Å². The highest BCUT2D eigenvalue weighted by atomic mass is 16.5. The van der Waals surface area contributed by atoms with E-state index in [-0.39, 0.29) is 12.2 Å². The van der Waals surface area contributed by atoms with Crippen molar-refractivity contribution in [3.63, 3.8) is 0 Å². The first-order valence-electron chi connectivity index (χ1n) is 5.62. The van der Waals surface area contributed by atoms with Crippen molar-refractivity contribution >= 4 is 0 Å². The maximum absolute atomic E-state index is 9.47. The van der Waals surface area contributed by atoms with E-state index < -0.39 is 0 Å². The van der Waals surface area contributed by atoms with E-state index in [1.54, 1.807) is 0 Å². The molecule has 2 nitrogen and oxygen atoms in total. The SMILES string of the molecule is CC(C)c1ccccc1O[C@@H]1CC[C@H]1O. The second-order valence-corrected chi connectivity index (χ2v) is 4.49. The predicted molar refractivity (Wildman–Crippen MR) is 60.2 cm³/mol. The first kappa shape index (κ1) is 10.5. The topological polar surface area (TPSA) is 29.5 Å². The normalized spacial score (nSPS) is 25.1. The van der Waals surface area contributed by atoms with E-state index >= 15 is 0 Å². The summed E-state index contributed by atoms with van der Waals surface area (Å²) < 4.78 is 5.80. The summed E-state index contributed by atoms with van der Waals surface area (Å²) in [5.74, 6) is 1.38. The van der Waals surface area contributed by atoms with E-state index in [4.69, 9.17) is 4.74 Å². The minimum atomic E-state index is -0.273. The van der Waals surface area contributed by atoms with E-state index in [1.165, 1.54) is 5.56 Å². The number of hydrogen-bond donors (Lipinski definition) is 1. The van der Waals surface area contributed by atoms with Crippen LogP contribution in [0.3, 0.4) is 0 Å². The Morgan fingerprint density at radius 2 is 2.00 bits per heavy atom. The van der Waals surface area contributed by atoms with Crippen molar-refractivity contribution in [3.05, 3.63) is 29.8 Å². The maximum Gasteiger partial charge on any atom is 0.125 e. The molecular formula is C13H18O2. The molecule has 0 amide bonds. The Labute approximate surface area is 90.9 Å². The van der Waals surface area contributed by atoms with Gasteiger partial charge < -0.3 is 9.84 Å². The summed E-state index contributed by atoms with van der Waals surface area (Å²) in [7, 11) is 0. The zero-order valence-electron chi connectivity index (χ0n) is 9.31. The van der Waals surface area contributed by atoms with Crippen molar-refractivity contribution in [2.24, 2.45) is 0 Å². The van der Waals surface area contributed by atoms with Gasteiger partial charge in [-0.05, 0) is 30.4 Å². The summed E-state index contributed by atoms with van der Waals surface area (Å²) in [6, 6.07) is 8.08. The molecule has 1 saturated carbocycles. The van der Waals surface area contributed by atoms with Crippen LogP contribution < -0.4 is 4.74 Å². The molecule has 0 heterocycles. The van der Waals surface area contributed by atoms with Gasteiger partial charge in [-0.25, -0.2) is 0 Å². The van der Waals surface area contributed by atoms with E-state index in [9.17, 15) is 5.11 Å². The van der Waals surface area contributed by atoms with Gasteiger partial charge in [0.1, 0.15) is 11.9 Å². The highest BCUT2D eigenvalue weighted by Gasteiger charge is 2.31. The fraction of sp³-hybridized carbons (Fsp3) is 0.538. The van der Waals surface area contributed by atoms with Gasteiger partial charge in [0.2, 0.25) is 0 Å². The van der Waals surface area contributed by atoms with E-state index in [2.05, 4.69) is 19.9 Å². The Balaban J connectivity index is 2.13. The molecule has 1 fully saturated rings. The summed E-state index contributed by atoms with van der Waals surface area (Å²) in [5.41, 5.74) is 1.22. The molecule has 0 radical (unpaired) electrons. The predicted octanol–water partition coefficient (Wildman–Crippen LogP) is 2.71. The van der Waals surface area contributed by atoms with Crippen LogP contribution >= 0.6 is 0 Å². The molecule has 2 rings (SSSR count). The smallest absolute Gasteiger partial charge is 0.125 e. The molecule has 0 saturated heterocycles. The van der Waals surface area contributed by atoms with Gasteiger partial charge in [-0.2, -0.15) is 0 Å². The molecule has 0 unspecified atom stereocenters. The molecule has 1 aromatic carbocycles. The molecule has 82 valence electrons. The van der Waals surface area contributed by atoms with Gasteiger partial charge in [0.25, 0.3) is 0 Å². The first-order chi connectivity index (χ1) is 7.18. The van der Waals surface area contributed by atoms with Crippen molar-refractivity contribution in [3.8, 4) is 5.75 Å². The summed E-state index contributed by atoms with van der Waals surface area (Å²) in [4.78, 5) is 0. The summed E-state index contributed by atoms with van der Waals surface area (Å²) >= 11 is 0. The molecule has 0 bridgehead atoms. The Morgan fingerprint density at radius 1 is 1.27 bits per heavy atom. The second-order valence-electron chi connectivity index (χ2n) is 4.49. The summed E-state index contributed by atoms with van der Waals surface area (Å²) in [6.45, 7) is 4.30. The van der Waals surface area contributed by atoms with E-state index in [1.807, 2.05) is 18.2 Å². The average Bonchev–Trinajstić information content (AvgIpc) is 2.24. The number of hydrogen-bond acceptors (Lipinski definition) is 2. The van der Waals surface area contributed by atoms with Crippen LogP contribution in [-0.4, -0.2) is 17.3 Å². The van der Waals surface area contributed by atoms with Gasteiger partial charge in [-0.15, -0.1) is 0 Å². The fourth-order valence-electron chi connectivity index (χ4n) is 1.82. The van der Waals surface area contributed by atoms with Crippen LogP contribution in [0.5, 0.6) is 5.75 Å². The Morgan fingerprint density at radius 3 is 2.53 bits per heavy atom. The minimum Gasteiger partial charge on any atom is -0.487 e. The van der Waals surface area contributed by atoms with Crippen LogP contribution in [-0.2, 0) is 0 Å². The zero-order chi connectivity index (χ0) is 10.8. The summed E-state index contributed by atoms with van der Waals surface area (Å²) in [6.07, 6.45) is 1.57. The van der Waals surface area contributed by atoms with Gasteiger partial charge in [-0.3, -0.25) is 0 Å². The van der Waals surface area contributed by atoms with Crippen molar-refractivity contribution in [1.82, 2.24) is 0 Å². The molecule has 0 spiro atoms. The molecule has 0 aromatic heterocycles. The van der Waals surface area contributed by atoms with Crippen LogP contribution in [0, 0.1) is 0 Å². The lowest BCUT2D eigenvalue weighted by Crippen LogP contribution is -2.41. The quantitative estimate of drug-likeness (QED) is 0.824. The molecule has 15 heavy (non-hydrogen) atoms. The van der Waals surface area contributed by atoms with Gasteiger partial charge >= 0.3 is 0 Å². The maximum atomic E-state index is 9.47. The molecule has 1 aliphatic carbocycles. The van der Waals surface area contributed by atoms with Crippen LogP contribution in [0.1, 0.15) is 38.2 Å². The lowest BCUT2D eigenvalue weighted by Gasteiger charge is -2.33. The lowest BCUT2D eigenvalue weighted by atomic mass is 9.92. The molecule has 2 heteroatoms. The van der Waals surface area contributed by atoms with Gasteiger partial charge in [0, 0.05) is 0 Å². The lowest BCUT2D eigenvalue weighted by molar-refractivity contribution is -0.0366. The largest absolute Gasteiger partial charge is 0.487 e. The molecule has 1 N–H and O–H groups in total. The number of aliphatic hydroxyl groups is 1. The zero-order valence-corrected chi connectivity index (χ0v) is 9.31. The third kappa shape index (κ3) is 2.15. The highest BCUT2D eigenvalue weighted by Crippen LogP contribution is 2.31. The van der Waals surface area contributed by atoms with E-state index in [0.717, 1.165) is 18.6 Å². The Bertz CT molecular complexity index is 333. The highest BCUT2D eigenvalue weighted by molar-refractivity contribution is 5.35. The number of rotatable bonds is 3. The molecular weight excluding hydrogens is 188 g/mol. The molecule has 1 aromatic rings. The van der Waals surface area contributed by atoms with Crippen molar-refractivity contribution in [1.29, 1.82) is 0 Å². The van der Waals surface area contributed by atoms with Crippen molar-refractivity contribution in [2.45, 2.75) is 44.8 Å². The second kappa shape index (κ2) is 4.23. The van der Waals surface area contributed by atoms with Crippen LogP contribution in [0.4, 0.5) is 0 Å². The Kier molecular flexibility index (Phi) is 2.96. The van der Waals surface area contributed by atoms with Gasteiger partial charge in [-0.1, -0.05) is 32.0 Å². The number of para-hydroxylation sites is 1. The van der Waals surface area contributed by atoms with Crippen molar-refractivity contribution < 1.29 is 9.84 Å². The average molecular weight is 206 g/mol. The Hall–Kier alpha value is -1.02. The molecule has 2 atom stereocenters. The van der Waals surface area contributed by atoms with Gasteiger partial charge in [0.15, 0.2) is 0 Å². The first-order valence-corrected chi connectivity index (χ1v) is 5.62. The third-order valence-electron chi connectivity index (χ3n) is 3.00. The third-order valence-corrected chi connectivity index (χ3v) is 3.00. The standard InChI is InChI=1S/C13H18O2/c1-9(2)10-5-3-4-6-12(10)15-13-8-7-11(13)14/h3-6,9,11,13-14H,7-8H2,1-2H3/t11-,13-/m1/s1. The van der Waals surface area contributed by atoms with Crippen LogP contribution in [0.2, 0.25) is 0 Å². The van der Waals surface area contributed by atoms with Crippen LogP contribution in [0.25, 0.3) is 0 Å². The van der Waals surface area contributed by atoms with E-state index in [0.29, 0.717) is 5.92 Å². The number of benzene rings is 1. The minimum absolute atomic E-state index is 0.00454. The van der Waals surface area contributed by atoms with Gasteiger partial charge in [0.05, 0.1) is 6.10 Å². The number of ether oxygens (including phenoxy) is 1. The molecule has 1 aliphatic rings. The monoisotopic (exact) mass is 206 g/mol. The molecule has 0 aliphatic heterocycles. The van der Waals surface area contributed by atoms with Crippen molar-refractivity contribution in [2.75, 3.05) is 0 Å². The summed E-state index contributed by atoms with van der Waals surface area (Å²) in [5, 5.41) is 9.47.